The maximum atomic E-state index is 13.6. The molecular weight excluding hydrogens is 1330 g/mol. The van der Waals surface area contributed by atoms with E-state index in [9.17, 15) is 67.9 Å². The van der Waals surface area contributed by atoms with E-state index in [1.807, 2.05) is 140 Å². The first-order valence-electron chi connectivity index (χ1n) is 33.2. The van der Waals surface area contributed by atoms with Gasteiger partial charge in [-0.05, 0) is 150 Å². The molecule has 102 heavy (non-hydrogen) atoms. The van der Waals surface area contributed by atoms with E-state index >= 15 is 0 Å². The number of carbonyl (C=O) groups is 3. The first-order valence-corrected chi connectivity index (χ1v) is 34.0. The lowest BCUT2D eigenvalue weighted by molar-refractivity contribution is -0.385. The van der Waals surface area contributed by atoms with Crippen molar-refractivity contribution in [1.29, 1.82) is 0 Å². The van der Waals surface area contributed by atoms with Gasteiger partial charge in [0.2, 0.25) is 0 Å². The van der Waals surface area contributed by atoms with E-state index in [1.165, 1.54) is 80.6 Å². The van der Waals surface area contributed by atoms with Crippen LogP contribution in [-0.2, 0) is 20.1 Å². The number of rotatable bonds is 15. The predicted molar refractivity (Wildman–Crippen MR) is 390 cm³/mol. The average Bonchev–Trinajstić information content (AvgIpc) is 0.798. The third-order valence-corrected chi connectivity index (χ3v) is 19.4. The monoisotopic (exact) mass is 1410 g/mol. The highest BCUT2D eigenvalue weighted by molar-refractivity contribution is 7.12. The fourth-order valence-electron chi connectivity index (χ4n) is 13.4. The topological polar surface area (TPSA) is 269 Å². The summed E-state index contributed by atoms with van der Waals surface area (Å²) in [5.41, 5.74) is 4.08. The van der Waals surface area contributed by atoms with E-state index < -0.39 is 54.5 Å². The lowest BCUT2D eigenvalue weighted by atomic mass is 10.1. The van der Waals surface area contributed by atoms with Gasteiger partial charge in [-0.25, -0.2) is 8.78 Å². The van der Waals surface area contributed by atoms with Crippen LogP contribution in [0, 0.1) is 62.7 Å². The van der Waals surface area contributed by atoms with E-state index in [-0.39, 0.29) is 35.6 Å². The van der Waals surface area contributed by atoms with Crippen LogP contribution in [0.3, 0.4) is 0 Å². The van der Waals surface area contributed by atoms with Gasteiger partial charge < -0.3 is 43.4 Å². The van der Waals surface area contributed by atoms with E-state index in [4.69, 9.17) is 0 Å². The largest absolute Gasteiger partial charge is 0.362 e. The Hall–Kier alpha value is -11.5. The molecule has 3 saturated heterocycles. The molecule has 0 N–H and O–H groups in total. The second-order valence-corrected chi connectivity index (χ2v) is 26.6. The number of pyridine rings is 3. The Morgan fingerprint density at radius 1 is 0.471 bits per heavy atom. The van der Waals surface area contributed by atoms with Crippen molar-refractivity contribution >= 4 is 95.9 Å². The van der Waals surface area contributed by atoms with Crippen LogP contribution in [0.25, 0.3) is 32.7 Å². The molecule has 0 bridgehead atoms. The van der Waals surface area contributed by atoms with Crippen molar-refractivity contribution < 1.29 is 37.9 Å². The van der Waals surface area contributed by atoms with Crippen molar-refractivity contribution in [1.82, 2.24) is 33.3 Å². The van der Waals surface area contributed by atoms with Gasteiger partial charge in [-0.15, -0.1) is 11.3 Å². The summed E-state index contributed by atoms with van der Waals surface area (Å²) in [4.78, 5) is 126. The van der Waals surface area contributed by atoms with Crippen LogP contribution in [0.1, 0.15) is 59.1 Å². The maximum absolute atomic E-state index is 13.6. The van der Waals surface area contributed by atoms with Crippen molar-refractivity contribution in [2.45, 2.75) is 40.3 Å². The predicted octanol–water partition coefficient (Wildman–Crippen LogP) is 10.4. The van der Waals surface area contributed by atoms with E-state index in [0.717, 1.165) is 28.8 Å². The van der Waals surface area contributed by atoms with Gasteiger partial charge in [0.05, 0.1) is 42.7 Å². The fourth-order valence-corrected chi connectivity index (χ4v) is 14.1. The SMILES string of the molecule is Cc1ccc2c(c1)c(N1CCN(C(=O)c3ccc(F)cc3)CC1)c([N+](=O)[O-])c(=O)n2C.Cc1ccc2c(c1)c(N1CCN(C(=O)c3ccc(F)cc3)CC1)c([N+](=O)[O-])c(=O)n2Cc1ccccc1.Cc1ccc2c(c1)c(N1CCN(C(=O)c3cccs3)CC1)c([N+](=O)[O-])c(=O)n2CCCN(C)C. The summed E-state index contributed by atoms with van der Waals surface area (Å²) in [6.07, 6.45) is 0.704. The zero-order chi connectivity index (χ0) is 72.8. The Morgan fingerprint density at radius 3 is 1.25 bits per heavy atom. The quantitative estimate of drug-likeness (QED) is 0.0682. The molecule has 0 atom stereocenters. The van der Waals surface area contributed by atoms with Crippen molar-refractivity contribution in [2.24, 2.45) is 7.05 Å². The molecular formula is C74H75F2N13O12S. The van der Waals surface area contributed by atoms with Crippen molar-refractivity contribution in [3.05, 3.63) is 262 Å². The molecule has 4 aromatic heterocycles. The zero-order valence-electron chi connectivity index (χ0n) is 57.1. The number of fused-ring (bicyclic) bond motifs is 3. The Morgan fingerprint density at radius 2 is 0.853 bits per heavy atom. The second-order valence-electron chi connectivity index (χ2n) is 25.6. The molecule has 0 aliphatic carbocycles. The molecule has 13 rings (SSSR count). The molecule has 3 aliphatic heterocycles. The fraction of sp³-hybridized carbons (Fsp3) is 0.297. The number of halogens is 2. The number of nitrogens with zero attached hydrogens (tertiary/aromatic N) is 13. The minimum atomic E-state index is -0.666. The van der Waals surface area contributed by atoms with Crippen molar-refractivity contribution in [3.63, 3.8) is 0 Å². The van der Waals surface area contributed by atoms with E-state index in [2.05, 4.69) is 0 Å². The van der Waals surface area contributed by atoms with Crippen LogP contribution in [0.4, 0.5) is 42.9 Å². The average molecular weight is 1410 g/mol. The summed E-state index contributed by atoms with van der Waals surface area (Å²) in [5.74, 6) is -1.31. The third-order valence-electron chi connectivity index (χ3n) is 18.5. The Kier molecular flexibility index (Phi) is 21.8. The van der Waals surface area contributed by atoms with Crippen LogP contribution in [0.15, 0.2) is 165 Å². The van der Waals surface area contributed by atoms with Gasteiger partial charge in [0.15, 0.2) is 0 Å². The van der Waals surface area contributed by atoms with Crippen LogP contribution >= 0.6 is 11.3 Å². The molecule has 0 saturated carbocycles. The second kappa shape index (κ2) is 30.9. The molecule has 28 heteroatoms. The molecule has 7 heterocycles. The van der Waals surface area contributed by atoms with Gasteiger partial charge in [-0.1, -0.05) is 71.3 Å². The molecule has 528 valence electrons. The number of amides is 3. The van der Waals surface area contributed by atoms with Gasteiger partial charge in [0.1, 0.15) is 28.7 Å². The van der Waals surface area contributed by atoms with E-state index in [0.29, 0.717) is 152 Å². The molecule has 0 radical (unpaired) electrons. The van der Waals surface area contributed by atoms with Gasteiger partial charge in [0.25, 0.3) is 17.7 Å². The smallest absolute Gasteiger partial charge is 0.357 e. The summed E-state index contributed by atoms with van der Waals surface area (Å²) < 4.78 is 30.7. The standard InChI is InChI=1S/C28H25FN4O4.C24H29N5O4S.C22H21FN4O4/c1-19-7-12-24-23(17-19)25(26(33(36)37)28(35)32(24)18-20-5-3-2-4-6-20)30-13-15-31(16-14-30)27(34)21-8-10-22(29)11-9-21;1-17-7-8-19-18(16-17)21(22(29(32)33)24(31)28(19)10-5-9-25(2)3)26-11-13-27(14-12-26)23(30)20-6-4-15-34-20;1-14-3-8-18-17(13-14)19(20(27(30)31)22(29)24(18)2)25-9-11-26(12-10-25)21(28)15-4-6-16(23)7-5-15/h2-12,17H,13-16,18H2,1H3;4,6-8,15-16H,5,9-14H2,1-3H3;3-8,13H,9-12H2,1-2H3. The Balaban J connectivity index is 0.000000154. The van der Waals surface area contributed by atoms with Gasteiger partial charge >= 0.3 is 33.7 Å². The summed E-state index contributed by atoms with van der Waals surface area (Å²) in [6.45, 7) is 11.4. The lowest BCUT2D eigenvalue weighted by Gasteiger charge is -2.36. The number of hydrogen-bond acceptors (Lipinski definition) is 17. The molecule has 3 fully saturated rings. The lowest BCUT2D eigenvalue weighted by Crippen LogP contribution is -2.49. The number of aromatic nitrogens is 3. The summed E-state index contributed by atoms with van der Waals surface area (Å²) in [5, 5.41) is 40.1. The number of aryl methyl sites for hydroxylation is 5. The van der Waals surface area contributed by atoms with Crippen LogP contribution in [0.2, 0.25) is 0 Å². The highest BCUT2D eigenvalue weighted by Crippen LogP contribution is 2.39. The number of anilines is 3. The summed E-state index contributed by atoms with van der Waals surface area (Å²) in [6, 6.07) is 40.5. The number of thiophene rings is 1. The summed E-state index contributed by atoms with van der Waals surface area (Å²) in [7, 11) is 5.44. The van der Waals surface area contributed by atoms with Crippen molar-refractivity contribution in [2.75, 3.05) is 114 Å². The van der Waals surface area contributed by atoms with Crippen LogP contribution in [-0.4, -0.2) is 165 Å². The molecule has 6 aromatic carbocycles. The molecule has 3 aliphatic rings. The first-order chi connectivity index (χ1) is 48.9. The number of nitro groups is 3. The van der Waals surface area contributed by atoms with Crippen molar-refractivity contribution in [3.8, 4) is 0 Å². The highest BCUT2D eigenvalue weighted by atomic mass is 32.1. The number of hydrogen-bond donors (Lipinski definition) is 0. The van der Waals surface area contributed by atoms with Crippen LogP contribution < -0.4 is 31.4 Å². The minimum Gasteiger partial charge on any atom is -0.362 e. The number of carbonyl (C=O) groups excluding carboxylic acids is 3. The van der Waals surface area contributed by atoms with Gasteiger partial charge in [0, 0.05) is 119 Å². The van der Waals surface area contributed by atoms with E-state index in [1.54, 1.807) is 31.7 Å². The molecule has 3 amide bonds. The number of piperazine rings is 3. The zero-order valence-corrected chi connectivity index (χ0v) is 57.9. The molecule has 25 nitrogen and oxygen atoms in total. The first kappa shape index (κ1) is 71.8. The molecule has 0 unspecified atom stereocenters. The Labute approximate surface area is 587 Å². The summed E-state index contributed by atoms with van der Waals surface area (Å²) >= 11 is 1.40. The minimum absolute atomic E-state index is 0.0267. The number of benzene rings is 6. The maximum Gasteiger partial charge on any atom is 0.357 e. The Bertz CT molecular complexity index is 5050. The molecule has 0 spiro atoms. The normalized spacial score (nSPS) is 14.0. The van der Waals surface area contributed by atoms with Gasteiger partial charge in [-0.3, -0.25) is 63.7 Å². The highest BCUT2D eigenvalue weighted by Gasteiger charge is 2.36. The molecule has 10 aromatic rings. The van der Waals surface area contributed by atoms with Gasteiger partial charge in [-0.2, -0.15) is 0 Å². The van der Waals surface area contributed by atoms with Crippen LogP contribution in [0.5, 0.6) is 0 Å². The third kappa shape index (κ3) is 15.3.